The topological polar surface area (TPSA) is 49.6 Å². The fourth-order valence-corrected chi connectivity index (χ4v) is 2.77. The molecule has 1 unspecified atom stereocenters. The highest BCUT2D eigenvalue weighted by Crippen LogP contribution is 2.11. The largest absolute Gasteiger partial charge is 0.337 e. The summed E-state index contributed by atoms with van der Waals surface area (Å²) in [6, 6.07) is -0.0522. The van der Waals surface area contributed by atoms with Gasteiger partial charge in [-0.25, -0.2) is 0 Å². The molecule has 0 aromatic rings. The number of nitrogens with two attached hydrogens (primary N) is 1. The van der Waals surface area contributed by atoms with E-state index < -0.39 is 0 Å². The minimum absolute atomic E-state index is 0.127. The second kappa shape index (κ2) is 7.24. The second-order valence-corrected chi connectivity index (χ2v) is 5.87. The molecule has 0 radical (unpaired) electrons. The van der Waals surface area contributed by atoms with Gasteiger partial charge >= 0.3 is 0 Å². The van der Waals surface area contributed by atoms with Gasteiger partial charge in [0.05, 0.1) is 6.04 Å². The van der Waals surface area contributed by atoms with Crippen LogP contribution in [0.1, 0.15) is 19.8 Å². The number of likely N-dealkylation sites (N-methyl/N-ethyl adjacent to an activating group) is 1. The fraction of sp³-hybridized carbons (Fsp3) is 0.917. The highest BCUT2D eigenvalue weighted by molar-refractivity contribution is 7.98. The minimum atomic E-state index is -0.326. The van der Waals surface area contributed by atoms with Crippen molar-refractivity contribution in [3.8, 4) is 0 Å². The van der Waals surface area contributed by atoms with Gasteiger partial charge in [0.15, 0.2) is 0 Å². The summed E-state index contributed by atoms with van der Waals surface area (Å²) in [6.07, 6.45) is 3.86. The van der Waals surface area contributed by atoms with Crippen molar-refractivity contribution in [2.24, 2.45) is 5.73 Å². The van der Waals surface area contributed by atoms with Crippen LogP contribution in [0.15, 0.2) is 0 Å². The SMILES string of the molecule is CSCC[C@H](N)C(=O)N1CCCN(C)CC1C. The molecule has 0 aliphatic carbocycles. The van der Waals surface area contributed by atoms with Gasteiger partial charge in [0.25, 0.3) is 0 Å². The van der Waals surface area contributed by atoms with Crippen LogP contribution in [0.5, 0.6) is 0 Å². The predicted octanol–water partition coefficient (Wildman–Crippen LogP) is 0.619. The first-order valence-corrected chi connectivity index (χ1v) is 7.69. The number of thioether (sulfide) groups is 1. The molecule has 0 saturated carbocycles. The van der Waals surface area contributed by atoms with Gasteiger partial charge in [0.2, 0.25) is 5.91 Å². The van der Waals surface area contributed by atoms with Crippen LogP contribution in [-0.2, 0) is 4.79 Å². The van der Waals surface area contributed by atoms with Crippen LogP contribution in [0.25, 0.3) is 0 Å². The second-order valence-electron chi connectivity index (χ2n) is 4.88. The molecule has 1 saturated heterocycles. The number of carbonyl (C=O) groups is 1. The van der Waals surface area contributed by atoms with E-state index >= 15 is 0 Å². The number of hydrogen-bond donors (Lipinski definition) is 1. The average molecular weight is 259 g/mol. The number of nitrogens with zero attached hydrogens (tertiary/aromatic N) is 2. The summed E-state index contributed by atoms with van der Waals surface area (Å²) in [5.74, 6) is 1.08. The molecule has 5 heteroatoms. The third-order valence-electron chi connectivity index (χ3n) is 3.28. The fourth-order valence-electron chi connectivity index (χ4n) is 2.28. The molecule has 1 heterocycles. The first-order valence-electron chi connectivity index (χ1n) is 6.29. The normalized spacial score (nSPS) is 24.5. The molecule has 0 bridgehead atoms. The molecule has 1 rings (SSSR count). The Hall–Kier alpha value is -0.260. The third kappa shape index (κ3) is 4.48. The highest BCUT2D eigenvalue weighted by atomic mass is 32.2. The van der Waals surface area contributed by atoms with E-state index in [1.165, 1.54) is 0 Å². The van der Waals surface area contributed by atoms with Gasteiger partial charge in [-0.3, -0.25) is 4.79 Å². The summed E-state index contributed by atoms with van der Waals surface area (Å²) in [7, 11) is 2.11. The standard InChI is InChI=1S/C12H25N3OS/c1-10-9-14(2)6-4-7-15(10)12(16)11(13)5-8-17-3/h10-11H,4-9,13H2,1-3H3/t10?,11-/m0/s1. The smallest absolute Gasteiger partial charge is 0.239 e. The number of amides is 1. The van der Waals surface area contributed by atoms with Crippen LogP contribution in [0.4, 0.5) is 0 Å². The quantitative estimate of drug-likeness (QED) is 0.804. The van der Waals surface area contributed by atoms with E-state index in [0.717, 1.165) is 38.2 Å². The van der Waals surface area contributed by atoms with Gasteiger partial charge in [-0.05, 0) is 45.4 Å². The molecule has 2 atom stereocenters. The van der Waals surface area contributed by atoms with Crippen molar-refractivity contribution in [3.05, 3.63) is 0 Å². The highest BCUT2D eigenvalue weighted by Gasteiger charge is 2.27. The van der Waals surface area contributed by atoms with E-state index in [0.29, 0.717) is 0 Å². The Balaban J connectivity index is 2.54. The van der Waals surface area contributed by atoms with Crippen molar-refractivity contribution in [2.75, 3.05) is 38.7 Å². The van der Waals surface area contributed by atoms with E-state index in [1.807, 2.05) is 11.2 Å². The molecule has 4 nitrogen and oxygen atoms in total. The van der Waals surface area contributed by atoms with Crippen molar-refractivity contribution >= 4 is 17.7 Å². The maximum absolute atomic E-state index is 12.2. The predicted molar refractivity (Wildman–Crippen MR) is 74.3 cm³/mol. The molecule has 100 valence electrons. The van der Waals surface area contributed by atoms with Crippen molar-refractivity contribution in [3.63, 3.8) is 0 Å². The number of carbonyl (C=O) groups excluding carboxylic acids is 1. The average Bonchev–Trinajstić information content (AvgIpc) is 2.46. The molecule has 1 amide bonds. The van der Waals surface area contributed by atoms with Crippen LogP contribution in [-0.4, -0.2) is 66.5 Å². The molecular weight excluding hydrogens is 234 g/mol. The first-order chi connectivity index (χ1) is 8.06. The van der Waals surface area contributed by atoms with Gasteiger partial charge in [-0.15, -0.1) is 0 Å². The Morgan fingerprint density at radius 2 is 2.24 bits per heavy atom. The lowest BCUT2D eigenvalue weighted by molar-refractivity contribution is -0.134. The molecule has 1 aliphatic heterocycles. The summed E-state index contributed by atoms with van der Waals surface area (Å²) >= 11 is 1.74. The Bertz CT molecular complexity index is 250. The van der Waals surface area contributed by atoms with Crippen molar-refractivity contribution in [1.29, 1.82) is 0 Å². The van der Waals surface area contributed by atoms with Gasteiger partial charge < -0.3 is 15.5 Å². The van der Waals surface area contributed by atoms with E-state index in [-0.39, 0.29) is 18.0 Å². The summed E-state index contributed by atoms with van der Waals surface area (Å²) in [5.41, 5.74) is 5.96. The molecule has 0 aromatic carbocycles. The Kier molecular flexibility index (Phi) is 6.30. The van der Waals surface area contributed by atoms with Crippen LogP contribution < -0.4 is 5.73 Å². The van der Waals surface area contributed by atoms with Crippen molar-refractivity contribution < 1.29 is 4.79 Å². The Labute approximate surface area is 109 Å². The van der Waals surface area contributed by atoms with Gasteiger partial charge in [-0.2, -0.15) is 11.8 Å². The number of hydrogen-bond acceptors (Lipinski definition) is 4. The molecule has 1 aliphatic rings. The third-order valence-corrected chi connectivity index (χ3v) is 3.92. The lowest BCUT2D eigenvalue weighted by Gasteiger charge is -2.30. The van der Waals surface area contributed by atoms with E-state index in [9.17, 15) is 4.79 Å². The molecule has 0 spiro atoms. The molecule has 0 aromatic heterocycles. The van der Waals surface area contributed by atoms with Gasteiger partial charge in [-0.1, -0.05) is 0 Å². The molecule has 2 N–H and O–H groups in total. The van der Waals surface area contributed by atoms with Gasteiger partial charge in [0.1, 0.15) is 0 Å². The van der Waals surface area contributed by atoms with Crippen LogP contribution in [0.2, 0.25) is 0 Å². The minimum Gasteiger partial charge on any atom is -0.337 e. The zero-order valence-corrected chi connectivity index (χ0v) is 12.0. The van der Waals surface area contributed by atoms with E-state index in [4.69, 9.17) is 5.73 Å². The Morgan fingerprint density at radius 3 is 2.88 bits per heavy atom. The lowest BCUT2D eigenvalue weighted by Crippen LogP contribution is -2.49. The monoisotopic (exact) mass is 259 g/mol. The summed E-state index contributed by atoms with van der Waals surface area (Å²) in [5, 5.41) is 0. The van der Waals surface area contributed by atoms with E-state index in [2.05, 4.69) is 18.9 Å². The maximum atomic E-state index is 12.2. The zero-order chi connectivity index (χ0) is 12.8. The molecule has 17 heavy (non-hydrogen) atoms. The lowest BCUT2D eigenvalue weighted by atomic mass is 10.1. The van der Waals surface area contributed by atoms with Gasteiger partial charge in [0, 0.05) is 19.1 Å². The first kappa shape index (κ1) is 14.8. The zero-order valence-electron chi connectivity index (χ0n) is 11.2. The summed E-state index contributed by atoms with van der Waals surface area (Å²) < 4.78 is 0. The number of rotatable bonds is 4. The summed E-state index contributed by atoms with van der Waals surface area (Å²) in [6.45, 7) is 4.97. The van der Waals surface area contributed by atoms with Crippen molar-refractivity contribution in [1.82, 2.24) is 9.80 Å². The van der Waals surface area contributed by atoms with Crippen LogP contribution in [0, 0.1) is 0 Å². The van der Waals surface area contributed by atoms with Crippen LogP contribution >= 0.6 is 11.8 Å². The summed E-state index contributed by atoms with van der Waals surface area (Å²) in [4.78, 5) is 16.5. The maximum Gasteiger partial charge on any atom is 0.239 e. The molecular formula is C12H25N3OS. The van der Waals surface area contributed by atoms with Crippen LogP contribution in [0.3, 0.4) is 0 Å². The molecule has 1 fully saturated rings. The van der Waals surface area contributed by atoms with E-state index in [1.54, 1.807) is 11.8 Å². The Morgan fingerprint density at radius 1 is 1.53 bits per heavy atom. The van der Waals surface area contributed by atoms with Crippen molar-refractivity contribution in [2.45, 2.75) is 31.8 Å².